The number of ketones is 1. The first kappa shape index (κ1) is 27.5. The fourth-order valence-corrected chi connectivity index (χ4v) is 8.82. The van der Waals surface area contributed by atoms with E-state index in [9.17, 15) is 9.90 Å². The van der Waals surface area contributed by atoms with Gasteiger partial charge in [-0.1, -0.05) is 18.5 Å². The lowest BCUT2D eigenvalue weighted by Gasteiger charge is -2.42. The number of anilines is 1. The van der Waals surface area contributed by atoms with Crippen molar-refractivity contribution in [3.8, 4) is 17.4 Å². The zero-order valence-electron chi connectivity index (χ0n) is 25.6. The highest BCUT2D eigenvalue weighted by atomic mass is 16.5. The number of aromatic nitrogens is 5. The number of likely N-dealkylation sites (tertiary alicyclic amines) is 1. The van der Waals surface area contributed by atoms with Crippen LogP contribution in [0.2, 0.25) is 0 Å². The number of Topliss-reactive ketones (excluding diaryl/α,β-unsaturated/α-hetero) is 1. The minimum atomic E-state index is -0.839. The number of carbonyl (C=O) groups is 1. The molecule has 0 bridgehead atoms. The van der Waals surface area contributed by atoms with Crippen molar-refractivity contribution in [2.75, 3.05) is 31.1 Å². The van der Waals surface area contributed by atoms with Gasteiger partial charge in [0.2, 0.25) is 5.88 Å². The normalized spacial score (nSPS) is 31.6. The Kier molecular flexibility index (Phi) is 6.39. The summed E-state index contributed by atoms with van der Waals surface area (Å²) in [5, 5.41) is 21.6. The lowest BCUT2D eigenvalue weighted by atomic mass is 9.64. The highest BCUT2D eigenvalue weighted by molar-refractivity contribution is 5.95. The summed E-state index contributed by atoms with van der Waals surface area (Å²) in [6.07, 6.45) is 9.72. The van der Waals surface area contributed by atoms with E-state index in [0.29, 0.717) is 49.4 Å². The Labute approximate surface area is 252 Å². The van der Waals surface area contributed by atoms with Gasteiger partial charge in [-0.25, -0.2) is 14.6 Å². The van der Waals surface area contributed by atoms with Crippen LogP contribution >= 0.6 is 0 Å². The van der Waals surface area contributed by atoms with E-state index in [0.717, 1.165) is 92.6 Å². The fourth-order valence-electron chi connectivity index (χ4n) is 8.82. The number of carbonyl (C=O) groups excluding carboxylic acids is 1. The Bertz CT molecular complexity index is 1580. The Morgan fingerprint density at radius 2 is 1.95 bits per heavy atom. The fraction of sp³-hybridized carbons (Fsp3) is 0.719. The molecule has 8 rings (SSSR count). The highest BCUT2D eigenvalue weighted by Gasteiger charge is 2.49. The average Bonchev–Trinajstić information content (AvgIpc) is 3.72. The first-order chi connectivity index (χ1) is 20.8. The number of likely N-dealkylation sites (N-methyl/N-ethyl adjacent to an activating group) is 1. The van der Waals surface area contributed by atoms with Crippen molar-refractivity contribution in [3.63, 3.8) is 0 Å². The van der Waals surface area contributed by atoms with Crippen molar-refractivity contribution in [2.45, 2.75) is 121 Å². The number of nitrogens with zero attached hydrogens (tertiary/aromatic N) is 7. The number of ether oxygens (including phenoxy) is 1. The molecule has 1 saturated carbocycles. The summed E-state index contributed by atoms with van der Waals surface area (Å²) < 4.78 is 14.5. The van der Waals surface area contributed by atoms with E-state index in [1.165, 1.54) is 6.42 Å². The molecule has 3 fully saturated rings. The molecule has 43 heavy (non-hydrogen) atoms. The van der Waals surface area contributed by atoms with Crippen LogP contribution in [0.25, 0.3) is 22.6 Å². The molecule has 1 spiro atoms. The maximum Gasteiger partial charge on any atom is 0.246 e. The third-order valence-corrected chi connectivity index (χ3v) is 11.2. The van der Waals surface area contributed by atoms with Crippen molar-refractivity contribution < 1.29 is 19.2 Å². The van der Waals surface area contributed by atoms with E-state index in [4.69, 9.17) is 24.3 Å². The van der Waals surface area contributed by atoms with Crippen molar-refractivity contribution in [1.82, 2.24) is 29.8 Å². The Balaban J connectivity index is 1.31. The lowest BCUT2D eigenvalue weighted by Crippen LogP contribution is -2.53. The maximum absolute atomic E-state index is 13.3. The Morgan fingerprint density at radius 3 is 2.79 bits per heavy atom. The van der Waals surface area contributed by atoms with Gasteiger partial charge in [0.05, 0.1) is 23.1 Å². The van der Waals surface area contributed by atoms with Crippen LogP contribution in [0.3, 0.4) is 0 Å². The molecule has 0 amide bonds. The van der Waals surface area contributed by atoms with E-state index in [1.54, 1.807) is 0 Å². The molecule has 5 atom stereocenters. The number of rotatable bonds is 4. The Hall–Kier alpha value is -3.05. The summed E-state index contributed by atoms with van der Waals surface area (Å²) >= 11 is 0. The molecule has 2 aliphatic carbocycles. The Morgan fingerprint density at radius 1 is 1.09 bits per heavy atom. The zero-order chi connectivity index (χ0) is 29.5. The second kappa shape index (κ2) is 9.99. The topological polar surface area (TPSA) is 123 Å². The van der Waals surface area contributed by atoms with Gasteiger partial charge in [-0.15, -0.1) is 5.10 Å². The summed E-state index contributed by atoms with van der Waals surface area (Å²) in [6, 6.07) is 0.504. The molecule has 1 N–H and O–H groups in total. The molecule has 1 unspecified atom stereocenters. The molecule has 2 saturated heterocycles. The van der Waals surface area contributed by atoms with Crippen LogP contribution in [0.15, 0.2) is 4.52 Å². The lowest BCUT2D eigenvalue weighted by molar-refractivity contribution is -0.128. The van der Waals surface area contributed by atoms with Crippen molar-refractivity contribution >= 4 is 22.6 Å². The summed E-state index contributed by atoms with van der Waals surface area (Å²) in [5.41, 5.74) is 0.940. The number of aliphatic hydroxyl groups is 1. The highest BCUT2D eigenvalue weighted by Crippen LogP contribution is 2.48. The second-order valence-corrected chi connectivity index (χ2v) is 13.9. The maximum atomic E-state index is 13.3. The SMILES string of the molecule is CCN1CCC[C@H]1[C@H](C)n1nc2c3c(nc(-c4noc5c4CCC[C@@]54CCCCC4=O)nc31)N1CC(C)(O)CC[C@@H]1CO2. The van der Waals surface area contributed by atoms with Gasteiger partial charge < -0.3 is 19.3 Å². The van der Waals surface area contributed by atoms with Gasteiger partial charge in [0, 0.05) is 24.6 Å². The second-order valence-electron chi connectivity index (χ2n) is 13.9. The molecule has 3 aliphatic heterocycles. The van der Waals surface area contributed by atoms with E-state index in [-0.39, 0.29) is 17.9 Å². The van der Waals surface area contributed by atoms with Crippen LogP contribution in [0.5, 0.6) is 5.88 Å². The number of piperidine rings is 1. The molecule has 3 aromatic rings. The predicted octanol–water partition coefficient (Wildman–Crippen LogP) is 4.36. The van der Waals surface area contributed by atoms with E-state index >= 15 is 0 Å². The first-order valence-corrected chi connectivity index (χ1v) is 16.5. The average molecular weight is 590 g/mol. The molecule has 5 aliphatic rings. The molecule has 6 heterocycles. The smallest absolute Gasteiger partial charge is 0.246 e. The van der Waals surface area contributed by atoms with Gasteiger partial charge in [-0.3, -0.25) is 9.69 Å². The van der Waals surface area contributed by atoms with Crippen LogP contribution in [0.4, 0.5) is 5.82 Å². The minimum Gasteiger partial charge on any atom is -0.474 e. The largest absolute Gasteiger partial charge is 0.474 e. The first-order valence-electron chi connectivity index (χ1n) is 16.5. The molecule has 3 aromatic heterocycles. The standard InChI is InChI=1S/C32H43N7O4/c1-4-37-16-8-10-22(37)19(2)39-29-24-28(38-18-31(3,41)15-12-20(38)17-42-30(24)35-39)33-27(34-29)25-21-9-7-14-32(26(21)43-36-25)13-6-5-11-23(32)40/h19-20,22,41H,4-18H2,1-3H3/t19-,20+,22-,31?,32+/m0/s1. The van der Waals surface area contributed by atoms with Crippen LogP contribution in [0.1, 0.15) is 102 Å². The molecule has 0 aromatic carbocycles. The van der Waals surface area contributed by atoms with Gasteiger partial charge in [0.25, 0.3) is 0 Å². The quantitative estimate of drug-likeness (QED) is 0.470. The van der Waals surface area contributed by atoms with Crippen LogP contribution in [0, 0.1) is 0 Å². The molecule has 0 radical (unpaired) electrons. The molecule has 230 valence electrons. The zero-order valence-corrected chi connectivity index (χ0v) is 25.6. The minimum absolute atomic E-state index is 0.0750. The van der Waals surface area contributed by atoms with Crippen molar-refractivity contribution in [2.24, 2.45) is 0 Å². The van der Waals surface area contributed by atoms with Crippen LogP contribution in [-0.2, 0) is 16.6 Å². The molecular formula is C32H43N7O4. The van der Waals surface area contributed by atoms with Gasteiger partial charge >= 0.3 is 0 Å². The monoisotopic (exact) mass is 589 g/mol. The van der Waals surface area contributed by atoms with Crippen LogP contribution in [-0.4, -0.2) is 84.6 Å². The van der Waals surface area contributed by atoms with Gasteiger partial charge in [-0.2, -0.15) is 0 Å². The van der Waals surface area contributed by atoms with E-state index < -0.39 is 11.0 Å². The third kappa shape index (κ3) is 4.17. The molecule has 11 nitrogen and oxygen atoms in total. The molecule has 11 heteroatoms. The van der Waals surface area contributed by atoms with Crippen LogP contribution < -0.4 is 9.64 Å². The number of hydrogen-bond donors (Lipinski definition) is 1. The summed E-state index contributed by atoms with van der Waals surface area (Å²) in [6.45, 7) is 9.37. The molecular weight excluding hydrogens is 546 g/mol. The number of fused-ring (bicyclic) bond motifs is 4. The number of hydrogen-bond acceptors (Lipinski definition) is 10. The predicted molar refractivity (Wildman–Crippen MR) is 160 cm³/mol. The van der Waals surface area contributed by atoms with Gasteiger partial charge in [0.1, 0.15) is 23.6 Å². The summed E-state index contributed by atoms with van der Waals surface area (Å²) in [4.78, 5) is 28.5. The van der Waals surface area contributed by atoms with Gasteiger partial charge in [0.15, 0.2) is 22.9 Å². The van der Waals surface area contributed by atoms with Crippen molar-refractivity contribution in [1.29, 1.82) is 0 Å². The van der Waals surface area contributed by atoms with Crippen molar-refractivity contribution in [3.05, 3.63) is 11.3 Å². The van der Waals surface area contributed by atoms with E-state index in [2.05, 4.69) is 28.8 Å². The summed E-state index contributed by atoms with van der Waals surface area (Å²) in [5.74, 6) is 2.83. The third-order valence-electron chi connectivity index (χ3n) is 11.2. The van der Waals surface area contributed by atoms with Gasteiger partial charge in [-0.05, 0) is 84.7 Å². The van der Waals surface area contributed by atoms with E-state index in [1.807, 2.05) is 11.6 Å². The summed E-state index contributed by atoms with van der Waals surface area (Å²) in [7, 11) is 0.